The molecule has 23 heavy (non-hydrogen) atoms. The maximum Gasteiger partial charge on any atom is 0.223 e. The molecule has 0 unspecified atom stereocenters. The van der Waals surface area contributed by atoms with Gasteiger partial charge >= 0.3 is 0 Å². The number of ether oxygens (including phenoxy) is 2. The third kappa shape index (κ3) is 4.02. The molecule has 0 spiro atoms. The normalized spacial score (nSPS) is 17.3. The van der Waals surface area contributed by atoms with Crippen LogP contribution in [0.25, 0.3) is 0 Å². The van der Waals surface area contributed by atoms with Crippen molar-refractivity contribution >= 4 is 0 Å². The SMILES string of the molecule is Cc1c(OCc2ccccc2)c(=O)ccn1CC[C@@H]1CCCO1. The lowest BCUT2D eigenvalue weighted by Gasteiger charge is -2.16. The van der Waals surface area contributed by atoms with Gasteiger partial charge in [-0.1, -0.05) is 30.3 Å². The second kappa shape index (κ2) is 7.47. The predicted molar refractivity (Wildman–Crippen MR) is 89.8 cm³/mol. The number of aromatic nitrogens is 1. The van der Waals surface area contributed by atoms with E-state index in [1.54, 1.807) is 6.07 Å². The van der Waals surface area contributed by atoms with Crippen molar-refractivity contribution in [2.24, 2.45) is 0 Å². The molecule has 0 amide bonds. The minimum Gasteiger partial charge on any atom is -0.483 e. The molecule has 0 radical (unpaired) electrons. The quantitative estimate of drug-likeness (QED) is 0.821. The third-order valence-corrected chi connectivity index (χ3v) is 4.33. The largest absolute Gasteiger partial charge is 0.483 e. The van der Waals surface area contributed by atoms with Crippen LogP contribution in [0.3, 0.4) is 0 Å². The zero-order valence-electron chi connectivity index (χ0n) is 13.5. The lowest BCUT2D eigenvalue weighted by molar-refractivity contribution is 0.100. The second-order valence-corrected chi connectivity index (χ2v) is 5.99. The number of benzene rings is 1. The predicted octanol–water partition coefficient (Wildman–Crippen LogP) is 3.30. The summed E-state index contributed by atoms with van der Waals surface area (Å²) < 4.78 is 13.6. The first-order valence-corrected chi connectivity index (χ1v) is 8.22. The van der Waals surface area contributed by atoms with Crippen molar-refractivity contribution in [1.29, 1.82) is 0 Å². The topological polar surface area (TPSA) is 40.5 Å². The standard InChI is InChI=1S/C19H23NO3/c1-15-19(23-14-16-6-3-2-4-7-16)18(21)10-12-20(15)11-9-17-8-5-13-22-17/h2-4,6-7,10,12,17H,5,8-9,11,13-14H2,1H3/t17-/m0/s1. The van der Waals surface area contributed by atoms with E-state index in [-0.39, 0.29) is 5.43 Å². The van der Waals surface area contributed by atoms with Crippen LogP contribution >= 0.6 is 0 Å². The van der Waals surface area contributed by atoms with Gasteiger partial charge in [-0.05, 0) is 31.7 Å². The molecule has 0 saturated carbocycles. The molecule has 0 bridgehead atoms. The Kier molecular flexibility index (Phi) is 5.13. The van der Waals surface area contributed by atoms with Crippen LogP contribution in [0.15, 0.2) is 47.4 Å². The fourth-order valence-electron chi connectivity index (χ4n) is 2.96. The minimum absolute atomic E-state index is 0.0632. The van der Waals surface area contributed by atoms with Crippen molar-refractivity contribution in [2.45, 2.75) is 45.4 Å². The monoisotopic (exact) mass is 313 g/mol. The number of pyridine rings is 1. The summed E-state index contributed by atoms with van der Waals surface area (Å²) in [5.74, 6) is 0.448. The van der Waals surface area contributed by atoms with Crippen molar-refractivity contribution in [1.82, 2.24) is 4.57 Å². The molecule has 1 fully saturated rings. The van der Waals surface area contributed by atoms with Crippen molar-refractivity contribution in [2.75, 3.05) is 6.61 Å². The molecule has 1 aromatic carbocycles. The highest BCUT2D eigenvalue weighted by molar-refractivity contribution is 5.28. The van der Waals surface area contributed by atoms with E-state index < -0.39 is 0 Å². The Labute approximate surface area is 136 Å². The summed E-state index contributed by atoms with van der Waals surface area (Å²) in [6.45, 7) is 4.07. The van der Waals surface area contributed by atoms with Crippen molar-refractivity contribution in [3.8, 4) is 5.75 Å². The van der Waals surface area contributed by atoms with Crippen LogP contribution in [0.5, 0.6) is 5.75 Å². The Morgan fingerprint density at radius 3 is 2.83 bits per heavy atom. The number of aryl methyl sites for hydroxylation is 1. The Hall–Kier alpha value is -2.07. The van der Waals surface area contributed by atoms with Crippen LogP contribution < -0.4 is 10.2 Å². The van der Waals surface area contributed by atoms with Gasteiger partial charge in [-0.15, -0.1) is 0 Å². The van der Waals surface area contributed by atoms with E-state index in [1.165, 1.54) is 0 Å². The van der Waals surface area contributed by atoms with Crippen LogP contribution in [0.1, 0.15) is 30.5 Å². The van der Waals surface area contributed by atoms with Gasteiger partial charge in [0.25, 0.3) is 0 Å². The van der Waals surface area contributed by atoms with Gasteiger partial charge in [-0.3, -0.25) is 4.79 Å². The average Bonchev–Trinajstić information content (AvgIpc) is 3.08. The lowest BCUT2D eigenvalue weighted by atomic mass is 10.2. The van der Waals surface area contributed by atoms with E-state index in [9.17, 15) is 4.79 Å². The van der Waals surface area contributed by atoms with E-state index in [0.717, 1.165) is 43.7 Å². The van der Waals surface area contributed by atoms with E-state index in [4.69, 9.17) is 9.47 Å². The van der Waals surface area contributed by atoms with Gasteiger partial charge in [0.1, 0.15) is 6.61 Å². The van der Waals surface area contributed by atoms with Crippen molar-refractivity contribution in [3.63, 3.8) is 0 Å². The Morgan fingerprint density at radius 2 is 2.09 bits per heavy atom. The first-order valence-electron chi connectivity index (χ1n) is 8.22. The van der Waals surface area contributed by atoms with E-state index in [0.29, 0.717) is 18.5 Å². The fourth-order valence-corrected chi connectivity index (χ4v) is 2.96. The van der Waals surface area contributed by atoms with Gasteiger partial charge in [0.05, 0.1) is 11.8 Å². The minimum atomic E-state index is -0.0632. The highest BCUT2D eigenvalue weighted by Crippen LogP contribution is 2.18. The van der Waals surface area contributed by atoms with Crippen LogP contribution in [-0.2, 0) is 17.9 Å². The van der Waals surface area contributed by atoms with Gasteiger partial charge in [-0.2, -0.15) is 0 Å². The van der Waals surface area contributed by atoms with Crippen LogP contribution in [-0.4, -0.2) is 17.3 Å². The Morgan fingerprint density at radius 1 is 1.26 bits per heavy atom. The first kappa shape index (κ1) is 15.8. The molecular formula is C19H23NO3. The fraction of sp³-hybridized carbons (Fsp3) is 0.421. The summed E-state index contributed by atoms with van der Waals surface area (Å²) in [6, 6.07) is 11.5. The molecule has 1 aromatic heterocycles. The highest BCUT2D eigenvalue weighted by atomic mass is 16.5. The molecule has 2 heterocycles. The average molecular weight is 313 g/mol. The summed E-state index contributed by atoms with van der Waals surface area (Å²) in [5.41, 5.74) is 1.87. The van der Waals surface area contributed by atoms with Gasteiger partial charge < -0.3 is 14.0 Å². The summed E-state index contributed by atoms with van der Waals surface area (Å²) in [7, 11) is 0. The van der Waals surface area contributed by atoms with Crippen molar-refractivity contribution in [3.05, 3.63) is 64.1 Å². The van der Waals surface area contributed by atoms with Gasteiger partial charge in [0, 0.05) is 25.4 Å². The van der Waals surface area contributed by atoms with E-state index in [2.05, 4.69) is 4.57 Å². The zero-order chi connectivity index (χ0) is 16.1. The van der Waals surface area contributed by atoms with Crippen LogP contribution in [0.2, 0.25) is 0 Å². The van der Waals surface area contributed by atoms with Gasteiger partial charge in [-0.25, -0.2) is 0 Å². The molecule has 1 aliphatic rings. The maximum atomic E-state index is 12.1. The molecule has 4 nitrogen and oxygen atoms in total. The number of hydrogen-bond acceptors (Lipinski definition) is 3. The lowest BCUT2D eigenvalue weighted by Crippen LogP contribution is -2.17. The molecule has 0 N–H and O–H groups in total. The Bertz CT molecular complexity index is 688. The third-order valence-electron chi connectivity index (χ3n) is 4.33. The second-order valence-electron chi connectivity index (χ2n) is 5.99. The molecule has 2 aromatic rings. The molecule has 1 aliphatic heterocycles. The molecule has 1 saturated heterocycles. The van der Waals surface area contributed by atoms with Crippen molar-refractivity contribution < 1.29 is 9.47 Å². The van der Waals surface area contributed by atoms with Crippen LogP contribution in [0.4, 0.5) is 0 Å². The first-order chi connectivity index (χ1) is 11.2. The molecule has 1 atom stereocenters. The smallest absolute Gasteiger partial charge is 0.223 e. The van der Waals surface area contributed by atoms with E-state index >= 15 is 0 Å². The van der Waals surface area contributed by atoms with E-state index in [1.807, 2.05) is 43.5 Å². The highest BCUT2D eigenvalue weighted by Gasteiger charge is 2.16. The van der Waals surface area contributed by atoms with Gasteiger partial charge in [0.2, 0.25) is 5.43 Å². The number of hydrogen-bond donors (Lipinski definition) is 0. The summed E-state index contributed by atoms with van der Waals surface area (Å²) >= 11 is 0. The molecule has 3 rings (SSSR count). The Balaban J connectivity index is 1.69. The number of nitrogens with zero attached hydrogens (tertiary/aromatic N) is 1. The van der Waals surface area contributed by atoms with Gasteiger partial charge in [0.15, 0.2) is 5.75 Å². The zero-order valence-corrected chi connectivity index (χ0v) is 13.5. The number of rotatable bonds is 6. The van der Waals surface area contributed by atoms with Crippen LogP contribution in [0, 0.1) is 6.92 Å². The summed E-state index contributed by atoms with van der Waals surface area (Å²) in [6.07, 6.45) is 5.46. The summed E-state index contributed by atoms with van der Waals surface area (Å²) in [4.78, 5) is 12.1. The molecule has 4 heteroatoms. The molecule has 0 aliphatic carbocycles. The maximum absolute atomic E-state index is 12.1. The molecule has 122 valence electrons. The molecular weight excluding hydrogens is 290 g/mol. The summed E-state index contributed by atoms with van der Waals surface area (Å²) in [5, 5.41) is 0.